The van der Waals surface area contributed by atoms with Crippen molar-refractivity contribution in [3.63, 3.8) is 0 Å². The summed E-state index contributed by atoms with van der Waals surface area (Å²) in [5, 5.41) is 11.6. The van der Waals surface area contributed by atoms with E-state index < -0.39 is 0 Å². The zero-order chi connectivity index (χ0) is 19.9. The minimum absolute atomic E-state index is 0.172. The molecular weight excluding hydrogens is 365 g/mol. The minimum atomic E-state index is -0.172. The Bertz CT molecular complexity index is 910. The molecule has 1 N–H and O–H groups in total. The number of piperidine rings is 1. The van der Waals surface area contributed by atoms with Crippen LogP contribution in [0.3, 0.4) is 0 Å². The number of nitrogens with zero attached hydrogens (tertiary/aromatic N) is 4. The van der Waals surface area contributed by atoms with E-state index in [1.54, 1.807) is 18.3 Å². The summed E-state index contributed by atoms with van der Waals surface area (Å²) in [7, 11) is 0. The van der Waals surface area contributed by atoms with Crippen molar-refractivity contribution in [1.29, 1.82) is 0 Å². The molecule has 1 fully saturated rings. The molecule has 0 spiro atoms. The Morgan fingerprint density at radius 3 is 2.55 bits per heavy atom. The fraction of sp³-hybridized carbons (Fsp3) is 0.348. The van der Waals surface area contributed by atoms with E-state index in [1.165, 1.54) is 11.6 Å². The van der Waals surface area contributed by atoms with Gasteiger partial charge in [0.1, 0.15) is 5.82 Å². The number of halogens is 1. The summed E-state index contributed by atoms with van der Waals surface area (Å²) in [5.74, 6) is 1.87. The second kappa shape index (κ2) is 9.45. The van der Waals surface area contributed by atoms with Gasteiger partial charge in [-0.25, -0.2) is 4.39 Å². The molecule has 0 saturated carbocycles. The third kappa shape index (κ3) is 5.28. The van der Waals surface area contributed by atoms with Gasteiger partial charge in [-0.1, -0.05) is 48.5 Å². The lowest BCUT2D eigenvalue weighted by molar-refractivity contribution is 0.400. The summed E-state index contributed by atoms with van der Waals surface area (Å²) in [6, 6.07) is 17.5. The van der Waals surface area contributed by atoms with Gasteiger partial charge in [0.25, 0.3) is 0 Å². The van der Waals surface area contributed by atoms with Crippen molar-refractivity contribution < 1.29 is 4.39 Å². The molecule has 0 atom stereocenters. The number of hydrogen-bond acceptors (Lipinski definition) is 5. The predicted octanol–water partition coefficient (Wildman–Crippen LogP) is 4.12. The first-order chi connectivity index (χ1) is 14.3. The zero-order valence-electron chi connectivity index (χ0n) is 16.5. The SMILES string of the molecule is Fc1ccccc1CCNc1cnnc(N2CCC(Cc3ccccc3)CC2)n1. The molecule has 1 aliphatic heterocycles. The highest BCUT2D eigenvalue weighted by Crippen LogP contribution is 2.24. The Kier molecular flexibility index (Phi) is 6.29. The molecule has 0 amide bonds. The average molecular weight is 391 g/mol. The van der Waals surface area contributed by atoms with E-state index in [-0.39, 0.29) is 5.82 Å². The second-order valence-electron chi connectivity index (χ2n) is 7.53. The zero-order valence-corrected chi connectivity index (χ0v) is 16.5. The van der Waals surface area contributed by atoms with Crippen molar-refractivity contribution in [3.05, 3.63) is 77.7 Å². The van der Waals surface area contributed by atoms with Crippen LogP contribution in [0, 0.1) is 11.7 Å². The number of benzene rings is 2. The molecule has 6 heteroatoms. The first kappa shape index (κ1) is 19.3. The highest BCUT2D eigenvalue weighted by molar-refractivity contribution is 5.39. The smallest absolute Gasteiger partial charge is 0.247 e. The molecular formula is C23H26FN5. The lowest BCUT2D eigenvalue weighted by Gasteiger charge is -2.31. The van der Waals surface area contributed by atoms with E-state index >= 15 is 0 Å². The molecule has 0 aliphatic carbocycles. The van der Waals surface area contributed by atoms with Crippen LogP contribution in [0.15, 0.2) is 60.8 Å². The third-order valence-corrected chi connectivity index (χ3v) is 5.47. The van der Waals surface area contributed by atoms with Crippen LogP contribution in [0.25, 0.3) is 0 Å². The Balaban J connectivity index is 1.28. The Morgan fingerprint density at radius 1 is 1.00 bits per heavy atom. The van der Waals surface area contributed by atoms with Gasteiger partial charge in [-0.05, 0) is 48.8 Å². The maximum Gasteiger partial charge on any atom is 0.247 e. The van der Waals surface area contributed by atoms with E-state index in [4.69, 9.17) is 0 Å². The Hall–Kier alpha value is -3.02. The van der Waals surface area contributed by atoms with Gasteiger partial charge in [0.05, 0.1) is 6.20 Å². The number of hydrogen-bond donors (Lipinski definition) is 1. The van der Waals surface area contributed by atoms with Crippen molar-refractivity contribution in [1.82, 2.24) is 15.2 Å². The largest absolute Gasteiger partial charge is 0.368 e. The number of rotatable bonds is 7. The summed E-state index contributed by atoms with van der Waals surface area (Å²) in [6.45, 7) is 2.48. The van der Waals surface area contributed by atoms with Gasteiger partial charge < -0.3 is 10.2 Å². The molecule has 0 radical (unpaired) electrons. The van der Waals surface area contributed by atoms with Crippen molar-refractivity contribution in [3.8, 4) is 0 Å². The van der Waals surface area contributed by atoms with Crippen LogP contribution < -0.4 is 10.2 Å². The molecule has 150 valence electrons. The van der Waals surface area contributed by atoms with Gasteiger partial charge in [0, 0.05) is 19.6 Å². The molecule has 1 aliphatic rings. The maximum absolute atomic E-state index is 13.7. The maximum atomic E-state index is 13.7. The van der Waals surface area contributed by atoms with E-state index in [1.807, 2.05) is 6.07 Å². The highest BCUT2D eigenvalue weighted by atomic mass is 19.1. The third-order valence-electron chi connectivity index (χ3n) is 5.47. The molecule has 0 unspecified atom stereocenters. The first-order valence-corrected chi connectivity index (χ1v) is 10.2. The van der Waals surface area contributed by atoms with Gasteiger partial charge in [-0.3, -0.25) is 0 Å². The summed E-state index contributed by atoms with van der Waals surface area (Å²) >= 11 is 0. The first-order valence-electron chi connectivity index (χ1n) is 10.2. The van der Waals surface area contributed by atoms with Gasteiger partial charge in [-0.15, -0.1) is 5.10 Å². The molecule has 29 heavy (non-hydrogen) atoms. The molecule has 1 saturated heterocycles. The van der Waals surface area contributed by atoms with Crippen LogP contribution in [-0.2, 0) is 12.8 Å². The summed E-state index contributed by atoms with van der Waals surface area (Å²) in [5.41, 5.74) is 2.10. The minimum Gasteiger partial charge on any atom is -0.368 e. The van der Waals surface area contributed by atoms with Gasteiger partial charge in [0.2, 0.25) is 5.95 Å². The Morgan fingerprint density at radius 2 is 1.76 bits per heavy atom. The molecule has 2 heterocycles. The number of nitrogens with one attached hydrogen (secondary N) is 1. The summed E-state index contributed by atoms with van der Waals surface area (Å²) in [6.07, 6.45) is 5.60. The lowest BCUT2D eigenvalue weighted by Crippen LogP contribution is -2.35. The molecule has 2 aromatic carbocycles. The molecule has 5 nitrogen and oxygen atoms in total. The Labute approximate surface area is 171 Å². The fourth-order valence-corrected chi connectivity index (χ4v) is 3.82. The van der Waals surface area contributed by atoms with Crippen LogP contribution in [0.1, 0.15) is 24.0 Å². The van der Waals surface area contributed by atoms with Crippen molar-refractivity contribution in [2.45, 2.75) is 25.7 Å². The normalized spacial score (nSPS) is 14.7. The molecule has 3 aromatic rings. The molecule has 4 rings (SSSR count). The molecule has 1 aromatic heterocycles. The van der Waals surface area contributed by atoms with Crippen LogP contribution in [0.2, 0.25) is 0 Å². The van der Waals surface area contributed by atoms with E-state index in [9.17, 15) is 4.39 Å². The summed E-state index contributed by atoms with van der Waals surface area (Å²) < 4.78 is 13.7. The van der Waals surface area contributed by atoms with Crippen LogP contribution in [0.4, 0.5) is 16.2 Å². The highest BCUT2D eigenvalue weighted by Gasteiger charge is 2.21. The number of aromatic nitrogens is 3. The number of anilines is 2. The van der Waals surface area contributed by atoms with Gasteiger partial charge >= 0.3 is 0 Å². The molecule has 0 bridgehead atoms. The topological polar surface area (TPSA) is 53.9 Å². The van der Waals surface area contributed by atoms with Crippen molar-refractivity contribution in [2.75, 3.05) is 29.9 Å². The monoisotopic (exact) mass is 391 g/mol. The predicted molar refractivity (Wildman–Crippen MR) is 114 cm³/mol. The average Bonchev–Trinajstić information content (AvgIpc) is 2.77. The van der Waals surface area contributed by atoms with E-state index in [0.717, 1.165) is 32.4 Å². The summed E-state index contributed by atoms with van der Waals surface area (Å²) in [4.78, 5) is 6.81. The van der Waals surface area contributed by atoms with Crippen LogP contribution >= 0.6 is 0 Å². The second-order valence-corrected chi connectivity index (χ2v) is 7.53. The van der Waals surface area contributed by atoms with Crippen molar-refractivity contribution >= 4 is 11.8 Å². The van der Waals surface area contributed by atoms with Gasteiger partial charge in [-0.2, -0.15) is 10.1 Å². The van der Waals surface area contributed by atoms with Gasteiger partial charge in [0.15, 0.2) is 5.82 Å². The quantitative estimate of drug-likeness (QED) is 0.656. The standard InChI is InChI=1S/C23H26FN5/c24-21-9-5-4-8-20(21)10-13-25-22-17-26-28-23(27-22)29-14-11-19(12-15-29)16-18-6-2-1-3-7-18/h1-9,17,19H,10-16H2,(H,25,27,28). The van der Waals surface area contributed by atoms with Crippen LogP contribution in [0.5, 0.6) is 0 Å². The lowest BCUT2D eigenvalue weighted by atomic mass is 9.90. The fourth-order valence-electron chi connectivity index (χ4n) is 3.82. The van der Waals surface area contributed by atoms with E-state index in [0.29, 0.717) is 36.2 Å². The van der Waals surface area contributed by atoms with Crippen molar-refractivity contribution in [2.24, 2.45) is 5.92 Å². The van der Waals surface area contributed by atoms with E-state index in [2.05, 4.69) is 55.7 Å². The van der Waals surface area contributed by atoms with Crippen LogP contribution in [-0.4, -0.2) is 34.8 Å².